The van der Waals surface area contributed by atoms with Crippen LogP contribution in [0.2, 0.25) is 5.02 Å². The second-order valence-electron chi connectivity index (χ2n) is 6.53. The largest absolute Gasteiger partial charge is 0.339 e. The van der Waals surface area contributed by atoms with Gasteiger partial charge >= 0.3 is 0 Å². The van der Waals surface area contributed by atoms with Crippen LogP contribution in [0.25, 0.3) is 5.69 Å². The van der Waals surface area contributed by atoms with Crippen molar-refractivity contribution in [2.45, 2.75) is 62.4 Å². The smallest absolute Gasteiger partial charge is 0.236 e. The van der Waals surface area contributed by atoms with E-state index in [0.29, 0.717) is 16.2 Å². The first kappa shape index (κ1) is 19.2. The Labute approximate surface area is 163 Å². The molecule has 140 valence electrons. The molecule has 0 N–H and O–H groups in total. The maximum Gasteiger partial charge on any atom is 0.236 e. The molecule has 3 rings (SSSR count). The van der Waals surface area contributed by atoms with Gasteiger partial charge in [0.15, 0.2) is 0 Å². The number of rotatable bonds is 6. The number of halogens is 1. The summed E-state index contributed by atoms with van der Waals surface area (Å²) >= 11 is 7.45. The van der Waals surface area contributed by atoms with E-state index in [1.807, 2.05) is 24.0 Å². The van der Waals surface area contributed by atoms with Gasteiger partial charge in [0, 0.05) is 17.6 Å². The molecular formula is C18H24ClN5OS. The van der Waals surface area contributed by atoms with Gasteiger partial charge in [-0.05, 0) is 55.3 Å². The molecule has 26 heavy (non-hydrogen) atoms. The third kappa shape index (κ3) is 4.38. The summed E-state index contributed by atoms with van der Waals surface area (Å²) in [6, 6.07) is 7.71. The van der Waals surface area contributed by atoms with Gasteiger partial charge in [0.2, 0.25) is 11.1 Å². The summed E-state index contributed by atoms with van der Waals surface area (Å²) in [7, 11) is 0. The quantitative estimate of drug-likeness (QED) is 0.694. The van der Waals surface area contributed by atoms with E-state index in [2.05, 4.69) is 22.4 Å². The van der Waals surface area contributed by atoms with Crippen LogP contribution in [0, 0.1) is 0 Å². The third-order valence-electron chi connectivity index (χ3n) is 4.76. The summed E-state index contributed by atoms with van der Waals surface area (Å²) in [6.07, 6.45) is 5.92. The topological polar surface area (TPSA) is 63.9 Å². The van der Waals surface area contributed by atoms with E-state index in [1.165, 1.54) is 31.0 Å². The molecule has 8 heteroatoms. The molecular weight excluding hydrogens is 370 g/mol. The molecule has 1 aromatic heterocycles. The lowest BCUT2D eigenvalue weighted by Crippen LogP contribution is -2.44. The standard InChI is InChI=1S/C18H24ClN5OS/c1-3-23(15-9-5-4-6-10-15)17(25)13(2)26-18-20-21-22-24(18)16-11-7-8-14(19)12-16/h7-8,11-13,15H,3-6,9-10H2,1-2H3/t13-/m1/s1. The van der Waals surface area contributed by atoms with Gasteiger partial charge in [-0.3, -0.25) is 4.79 Å². The monoisotopic (exact) mass is 393 g/mol. The van der Waals surface area contributed by atoms with Crippen molar-refractivity contribution in [2.75, 3.05) is 6.54 Å². The summed E-state index contributed by atoms with van der Waals surface area (Å²) in [5, 5.41) is 12.9. The molecule has 1 aromatic carbocycles. The van der Waals surface area contributed by atoms with Gasteiger partial charge in [0.05, 0.1) is 10.9 Å². The summed E-state index contributed by atoms with van der Waals surface area (Å²) in [5.41, 5.74) is 0.782. The minimum absolute atomic E-state index is 0.157. The van der Waals surface area contributed by atoms with Crippen LogP contribution in [-0.4, -0.2) is 48.9 Å². The Bertz CT molecular complexity index is 747. The SMILES string of the molecule is CCN(C(=O)[C@@H](C)Sc1nnnn1-c1cccc(Cl)c1)C1CCCCC1. The molecule has 2 aromatic rings. The summed E-state index contributed by atoms with van der Waals surface area (Å²) in [6.45, 7) is 4.73. The summed E-state index contributed by atoms with van der Waals surface area (Å²) in [4.78, 5) is 15.0. The number of amides is 1. The Morgan fingerprint density at radius 2 is 2.15 bits per heavy atom. The Morgan fingerprint density at radius 1 is 1.38 bits per heavy atom. The first-order valence-corrected chi connectivity index (χ1v) is 10.4. The zero-order valence-corrected chi connectivity index (χ0v) is 16.7. The molecule has 1 heterocycles. The van der Waals surface area contributed by atoms with Crippen molar-refractivity contribution < 1.29 is 4.79 Å². The van der Waals surface area contributed by atoms with Crippen LogP contribution in [0.5, 0.6) is 0 Å². The van der Waals surface area contributed by atoms with Crippen molar-refractivity contribution in [2.24, 2.45) is 0 Å². The first-order chi connectivity index (χ1) is 12.6. The van der Waals surface area contributed by atoms with Gasteiger partial charge in [-0.1, -0.05) is 48.7 Å². The lowest BCUT2D eigenvalue weighted by Gasteiger charge is -2.35. The van der Waals surface area contributed by atoms with E-state index in [-0.39, 0.29) is 11.2 Å². The number of benzene rings is 1. The second-order valence-corrected chi connectivity index (χ2v) is 8.27. The van der Waals surface area contributed by atoms with Crippen molar-refractivity contribution >= 4 is 29.3 Å². The van der Waals surface area contributed by atoms with Crippen LogP contribution in [0.3, 0.4) is 0 Å². The fourth-order valence-electron chi connectivity index (χ4n) is 3.45. The second kappa shape index (κ2) is 8.86. The van der Waals surface area contributed by atoms with Crippen LogP contribution >= 0.6 is 23.4 Å². The lowest BCUT2D eigenvalue weighted by atomic mass is 9.94. The van der Waals surface area contributed by atoms with E-state index in [4.69, 9.17) is 11.6 Å². The Hall–Kier alpha value is -1.60. The van der Waals surface area contributed by atoms with Gasteiger partial charge in [0.25, 0.3) is 0 Å². The molecule has 1 fully saturated rings. The van der Waals surface area contributed by atoms with Crippen LogP contribution in [0.1, 0.15) is 46.0 Å². The fraction of sp³-hybridized carbons (Fsp3) is 0.556. The van der Waals surface area contributed by atoms with Crippen molar-refractivity contribution in [1.82, 2.24) is 25.1 Å². The normalized spacial score (nSPS) is 16.4. The first-order valence-electron chi connectivity index (χ1n) is 9.11. The summed E-state index contributed by atoms with van der Waals surface area (Å²) < 4.78 is 1.62. The molecule has 1 aliphatic rings. The molecule has 0 aliphatic heterocycles. The van der Waals surface area contributed by atoms with Gasteiger partial charge in [-0.15, -0.1) is 5.10 Å². The molecule has 1 saturated carbocycles. The van der Waals surface area contributed by atoms with Crippen molar-refractivity contribution in [3.63, 3.8) is 0 Å². The minimum atomic E-state index is -0.249. The Kier molecular flexibility index (Phi) is 6.53. The zero-order valence-electron chi connectivity index (χ0n) is 15.1. The van der Waals surface area contributed by atoms with E-state index in [0.717, 1.165) is 25.1 Å². The highest BCUT2D eigenvalue weighted by atomic mass is 35.5. The van der Waals surface area contributed by atoms with Gasteiger partial charge in [0.1, 0.15) is 0 Å². The van der Waals surface area contributed by atoms with Gasteiger partial charge < -0.3 is 4.90 Å². The predicted molar refractivity (Wildman–Crippen MR) is 104 cm³/mol. The molecule has 6 nitrogen and oxygen atoms in total. The number of hydrogen-bond donors (Lipinski definition) is 0. The fourth-order valence-corrected chi connectivity index (χ4v) is 4.51. The molecule has 1 aliphatic carbocycles. The molecule has 0 radical (unpaired) electrons. The molecule has 0 unspecified atom stereocenters. The Balaban J connectivity index is 1.72. The highest BCUT2D eigenvalue weighted by molar-refractivity contribution is 8.00. The number of tetrazole rings is 1. The van der Waals surface area contributed by atoms with Gasteiger partial charge in [-0.2, -0.15) is 4.68 Å². The van der Waals surface area contributed by atoms with Crippen molar-refractivity contribution in [3.05, 3.63) is 29.3 Å². The van der Waals surface area contributed by atoms with Crippen LogP contribution in [0.15, 0.2) is 29.4 Å². The number of aromatic nitrogens is 4. The number of nitrogens with zero attached hydrogens (tertiary/aromatic N) is 5. The highest BCUT2D eigenvalue weighted by Crippen LogP contribution is 2.28. The number of hydrogen-bond acceptors (Lipinski definition) is 5. The maximum absolute atomic E-state index is 13.0. The van der Waals surface area contributed by atoms with Crippen LogP contribution < -0.4 is 0 Å². The average Bonchev–Trinajstić information content (AvgIpc) is 3.11. The van der Waals surface area contributed by atoms with E-state index in [1.54, 1.807) is 16.8 Å². The van der Waals surface area contributed by atoms with Crippen molar-refractivity contribution in [1.29, 1.82) is 0 Å². The minimum Gasteiger partial charge on any atom is -0.339 e. The van der Waals surface area contributed by atoms with Crippen LogP contribution in [0.4, 0.5) is 0 Å². The van der Waals surface area contributed by atoms with E-state index >= 15 is 0 Å². The summed E-state index contributed by atoms with van der Waals surface area (Å²) in [5.74, 6) is 0.157. The van der Waals surface area contributed by atoms with E-state index < -0.39 is 0 Å². The number of carbonyl (C=O) groups excluding carboxylic acids is 1. The predicted octanol–water partition coefficient (Wildman–Crippen LogP) is 3.98. The number of thioether (sulfide) groups is 1. The molecule has 1 amide bonds. The Morgan fingerprint density at radius 3 is 2.85 bits per heavy atom. The van der Waals surface area contributed by atoms with Gasteiger partial charge in [-0.25, -0.2) is 0 Å². The lowest BCUT2D eigenvalue weighted by molar-refractivity contribution is -0.133. The molecule has 0 saturated heterocycles. The number of carbonyl (C=O) groups is 1. The maximum atomic E-state index is 13.0. The third-order valence-corrected chi connectivity index (χ3v) is 6.02. The van der Waals surface area contributed by atoms with E-state index in [9.17, 15) is 4.79 Å². The highest BCUT2D eigenvalue weighted by Gasteiger charge is 2.29. The average molecular weight is 394 g/mol. The molecule has 1 atom stereocenters. The molecule has 0 spiro atoms. The van der Waals surface area contributed by atoms with Crippen molar-refractivity contribution in [3.8, 4) is 5.69 Å². The molecule has 0 bridgehead atoms. The zero-order chi connectivity index (χ0) is 18.5. The van der Waals surface area contributed by atoms with Crippen LogP contribution in [-0.2, 0) is 4.79 Å².